The lowest BCUT2D eigenvalue weighted by molar-refractivity contribution is 0.565. The van der Waals surface area contributed by atoms with Gasteiger partial charge in [-0.1, -0.05) is 42.5 Å². The van der Waals surface area contributed by atoms with Crippen LogP contribution in [0.2, 0.25) is 0 Å². The van der Waals surface area contributed by atoms with E-state index in [-0.39, 0.29) is 0 Å². The molecule has 1 heterocycles. The molecule has 0 bridgehead atoms. The van der Waals surface area contributed by atoms with Gasteiger partial charge in [0.1, 0.15) is 5.69 Å². The maximum atomic E-state index is 10.5. The number of para-hydroxylation sites is 1. The summed E-state index contributed by atoms with van der Waals surface area (Å²) in [5.74, 6) is 0. The smallest absolute Gasteiger partial charge is 0.240 e. The van der Waals surface area contributed by atoms with Crippen LogP contribution in [-0.2, 0) is 11.3 Å². The summed E-state index contributed by atoms with van der Waals surface area (Å²) >= 11 is 0. The lowest BCUT2D eigenvalue weighted by Crippen LogP contribution is -1.99. The van der Waals surface area contributed by atoms with Crippen LogP contribution in [0, 0.1) is 6.92 Å². The highest BCUT2D eigenvalue weighted by atomic mass is 16.1. The van der Waals surface area contributed by atoms with Crippen LogP contribution in [0.15, 0.2) is 59.7 Å². The summed E-state index contributed by atoms with van der Waals surface area (Å²) in [7, 11) is 0. The zero-order valence-corrected chi connectivity index (χ0v) is 11.2. The van der Waals surface area contributed by atoms with E-state index < -0.39 is 0 Å². The number of nitrogens with zero attached hydrogens (tertiary/aromatic N) is 2. The Bertz CT molecular complexity index is 811. The molecule has 0 N–H and O–H groups in total. The van der Waals surface area contributed by atoms with E-state index in [1.807, 2.05) is 42.6 Å². The molecule has 1 aromatic heterocycles. The second-order valence-corrected chi connectivity index (χ2v) is 4.79. The van der Waals surface area contributed by atoms with Crippen molar-refractivity contribution in [3.05, 3.63) is 65.9 Å². The van der Waals surface area contributed by atoms with Crippen LogP contribution in [-0.4, -0.2) is 10.6 Å². The van der Waals surface area contributed by atoms with Gasteiger partial charge in [-0.15, -0.1) is 0 Å². The van der Waals surface area contributed by atoms with Gasteiger partial charge in [0.25, 0.3) is 0 Å². The number of hydrogen-bond acceptors (Lipinski definition) is 2. The van der Waals surface area contributed by atoms with Gasteiger partial charge in [0.15, 0.2) is 0 Å². The van der Waals surface area contributed by atoms with Gasteiger partial charge in [0.05, 0.1) is 5.52 Å². The third kappa shape index (κ3) is 2.15. The molecule has 20 heavy (non-hydrogen) atoms. The Morgan fingerprint density at radius 2 is 1.85 bits per heavy atom. The minimum Gasteiger partial charge on any atom is -0.341 e. The summed E-state index contributed by atoms with van der Waals surface area (Å²) in [6.07, 6.45) is 3.53. The lowest BCUT2D eigenvalue weighted by atomic mass is 10.1. The first-order valence-electron chi connectivity index (χ1n) is 6.50. The number of fused-ring (bicyclic) bond motifs is 1. The van der Waals surface area contributed by atoms with E-state index in [1.54, 1.807) is 6.08 Å². The highest BCUT2D eigenvalue weighted by molar-refractivity contribution is 5.92. The first kappa shape index (κ1) is 12.4. The maximum Gasteiger partial charge on any atom is 0.240 e. The summed E-state index contributed by atoms with van der Waals surface area (Å²) in [6.45, 7) is 2.87. The normalized spacial score (nSPS) is 10.4. The number of aromatic nitrogens is 1. The second kappa shape index (κ2) is 5.16. The molecule has 3 heteroatoms. The minimum atomic E-state index is 0.671. The molecule has 2 aromatic carbocycles. The third-order valence-electron chi connectivity index (χ3n) is 3.54. The van der Waals surface area contributed by atoms with Gasteiger partial charge in [-0.2, -0.15) is 4.99 Å². The SMILES string of the molecule is Cc1ccccc1Cn1cc(N=C=O)c2ccccc21. The summed E-state index contributed by atoms with van der Waals surface area (Å²) in [5.41, 5.74) is 4.26. The first-order chi connectivity index (χ1) is 9.79. The van der Waals surface area contributed by atoms with Crippen molar-refractivity contribution in [1.29, 1.82) is 0 Å². The van der Waals surface area contributed by atoms with Crippen molar-refractivity contribution in [2.24, 2.45) is 4.99 Å². The summed E-state index contributed by atoms with van der Waals surface area (Å²) in [4.78, 5) is 14.3. The summed E-state index contributed by atoms with van der Waals surface area (Å²) in [6, 6.07) is 16.2. The fraction of sp³-hybridized carbons (Fsp3) is 0.118. The molecule has 98 valence electrons. The standard InChI is InChI=1S/C17H14N2O/c1-13-6-2-3-7-14(13)10-19-11-16(18-12-20)15-8-4-5-9-17(15)19/h2-9,11H,10H2,1H3. The van der Waals surface area contributed by atoms with Crippen LogP contribution >= 0.6 is 0 Å². The Morgan fingerprint density at radius 3 is 2.65 bits per heavy atom. The zero-order valence-electron chi connectivity index (χ0n) is 11.2. The van der Waals surface area contributed by atoms with Gasteiger partial charge in [0.2, 0.25) is 6.08 Å². The number of benzene rings is 2. The third-order valence-corrected chi connectivity index (χ3v) is 3.54. The van der Waals surface area contributed by atoms with E-state index in [1.165, 1.54) is 11.1 Å². The maximum absolute atomic E-state index is 10.5. The molecule has 0 saturated carbocycles. The molecular formula is C17H14N2O. The van der Waals surface area contributed by atoms with E-state index in [0.717, 1.165) is 17.4 Å². The van der Waals surface area contributed by atoms with Crippen molar-refractivity contribution < 1.29 is 4.79 Å². The molecule has 0 aliphatic rings. The largest absolute Gasteiger partial charge is 0.341 e. The van der Waals surface area contributed by atoms with Gasteiger partial charge < -0.3 is 4.57 Å². The van der Waals surface area contributed by atoms with Gasteiger partial charge in [0, 0.05) is 18.1 Å². The molecule has 0 saturated heterocycles. The van der Waals surface area contributed by atoms with E-state index in [2.05, 4.69) is 28.6 Å². The number of aryl methyl sites for hydroxylation is 1. The van der Waals surface area contributed by atoms with Crippen molar-refractivity contribution in [3.8, 4) is 0 Å². The molecule has 0 atom stereocenters. The Morgan fingerprint density at radius 1 is 1.10 bits per heavy atom. The van der Waals surface area contributed by atoms with Crippen LogP contribution in [0.3, 0.4) is 0 Å². The molecule has 0 amide bonds. The fourth-order valence-corrected chi connectivity index (χ4v) is 2.47. The van der Waals surface area contributed by atoms with Gasteiger partial charge in [-0.3, -0.25) is 0 Å². The van der Waals surface area contributed by atoms with Crippen molar-refractivity contribution >= 4 is 22.7 Å². The Kier molecular flexibility index (Phi) is 3.20. The number of carbonyl (C=O) groups excluding carboxylic acids is 1. The van der Waals surface area contributed by atoms with Crippen LogP contribution in [0.4, 0.5) is 5.69 Å². The summed E-state index contributed by atoms with van der Waals surface area (Å²) < 4.78 is 2.12. The Balaban J connectivity index is 2.12. The number of hydrogen-bond donors (Lipinski definition) is 0. The van der Waals surface area contributed by atoms with Crippen LogP contribution in [0.5, 0.6) is 0 Å². The van der Waals surface area contributed by atoms with Gasteiger partial charge in [-0.25, -0.2) is 4.79 Å². The number of isocyanates is 1. The molecule has 3 nitrogen and oxygen atoms in total. The Labute approximate surface area is 117 Å². The predicted octanol–water partition coefficient (Wildman–Crippen LogP) is 3.97. The average Bonchev–Trinajstić information content (AvgIpc) is 2.81. The number of aliphatic imine (C=N–C) groups is 1. The Hall–Kier alpha value is -2.64. The van der Waals surface area contributed by atoms with E-state index >= 15 is 0 Å². The fourth-order valence-electron chi connectivity index (χ4n) is 2.47. The average molecular weight is 262 g/mol. The summed E-state index contributed by atoms with van der Waals surface area (Å²) in [5, 5.41) is 0.976. The molecule has 0 aliphatic carbocycles. The van der Waals surface area contributed by atoms with Crippen molar-refractivity contribution in [2.75, 3.05) is 0 Å². The van der Waals surface area contributed by atoms with E-state index in [0.29, 0.717) is 5.69 Å². The molecule has 3 aromatic rings. The monoisotopic (exact) mass is 262 g/mol. The second-order valence-electron chi connectivity index (χ2n) is 4.79. The van der Waals surface area contributed by atoms with Crippen LogP contribution in [0.25, 0.3) is 10.9 Å². The number of rotatable bonds is 3. The lowest BCUT2D eigenvalue weighted by Gasteiger charge is -2.08. The topological polar surface area (TPSA) is 34.4 Å². The van der Waals surface area contributed by atoms with Crippen molar-refractivity contribution in [1.82, 2.24) is 4.57 Å². The first-order valence-corrected chi connectivity index (χ1v) is 6.50. The van der Waals surface area contributed by atoms with Crippen molar-refractivity contribution in [2.45, 2.75) is 13.5 Å². The van der Waals surface area contributed by atoms with E-state index in [9.17, 15) is 4.79 Å². The molecule has 0 aliphatic heterocycles. The van der Waals surface area contributed by atoms with Crippen molar-refractivity contribution in [3.63, 3.8) is 0 Å². The van der Waals surface area contributed by atoms with E-state index in [4.69, 9.17) is 0 Å². The highest BCUT2D eigenvalue weighted by Crippen LogP contribution is 2.28. The van der Waals surface area contributed by atoms with Gasteiger partial charge in [-0.05, 0) is 24.1 Å². The molecule has 3 rings (SSSR count). The van der Waals surface area contributed by atoms with Crippen LogP contribution < -0.4 is 0 Å². The zero-order chi connectivity index (χ0) is 13.9. The predicted molar refractivity (Wildman–Crippen MR) is 80.0 cm³/mol. The molecule has 0 spiro atoms. The highest BCUT2D eigenvalue weighted by Gasteiger charge is 2.08. The quantitative estimate of drug-likeness (QED) is 0.519. The molecule has 0 unspecified atom stereocenters. The molecule has 0 fully saturated rings. The minimum absolute atomic E-state index is 0.671. The molecule has 0 radical (unpaired) electrons. The van der Waals surface area contributed by atoms with Gasteiger partial charge >= 0.3 is 0 Å². The molecular weight excluding hydrogens is 248 g/mol. The van der Waals surface area contributed by atoms with Crippen LogP contribution in [0.1, 0.15) is 11.1 Å².